The fourth-order valence-electron chi connectivity index (χ4n) is 14.4. The van der Waals surface area contributed by atoms with E-state index in [-0.39, 0.29) is 53.9 Å². The first-order chi connectivity index (χ1) is 46.7. The molecule has 0 amide bonds. The van der Waals surface area contributed by atoms with Gasteiger partial charge >= 0.3 is 11.9 Å². The lowest BCUT2D eigenvalue weighted by Crippen LogP contribution is -2.52. The van der Waals surface area contributed by atoms with Gasteiger partial charge in [0.2, 0.25) is 11.8 Å². The topological polar surface area (TPSA) is 157 Å². The normalized spacial score (nSPS) is 18.6. The summed E-state index contributed by atoms with van der Waals surface area (Å²) in [6, 6.07) is 68.1. The van der Waals surface area contributed by atoms with Gasteiger partial charge in [-0.15, -0.1) is 0 Å². The third kappa shape index (κ3) is 11.8. The van der Waals surface area contributed by atoms with E-state index in [9.17, 15) is 23.5 Å². The Balaban J connectivity index is 0.000000174. The average molecular weight is 1320 g/mol. The van der Waals surface area contributed by atoms with Gasteiger partial charge in [-0.2, -0.15) is 0 Å². The minimum atomic E-state index is -1.21. The zero-order chi connectivity index (χ0) is 66.6. The second kappa shape index (κ2) is 27.4. The zero-order valence-corrected chi connectivity index (χ0v) is 54.3. The Bertz CT molecular complexity index is 4370. The number of esters is 1. The number of fused-ring (bicyclic) bond motifs is 4. The number of pyridine rings is 2. The molecule has 0 unspecified atom stereocenters. The van der Waals surface area contributed by atoms with Gasteiger partial charge in [-0.1, -0.05) is 218 Å². The number of carbonyl (C=O) groups is 2. The number of hydrogen-bond acceptors (Lipinski definition) is 13. The van der Waals surface area contributed by atoms with Crippen molar-refractivity contribution >= 4 is 45.8 Å². The van der Waals surface area contributed by atoms with E-state index in [1.165, 1.54) is 62.6 Å². The molecule has 4 aliphatic rings. The highest BCUT2D eigenvalue weighted by atomic mass is 32.2. The molecule has 2 aliphatic carbocycles. The molecule has 12 nitrogen and oxygen atoms in total. The summed E-state index contributed by atoms with van der Waals surface area (Å²) in [5, 5.41) is 18.9. The van der Waals surface area contributed by atoms with Crippen molar-refractivity contribution in [2.24, 2.45) is 21.8 Å². The van der Waals surface area contributed by atoms with Gasteiger partial charge in [-0.05, 0) is 76.4 Å². The molecular weight excluding hydrogens is 1260 g/mol. The van der Waals surface area contributed by atoms with Crippen molar-refractivity contribution in [1.82, 2.24) is 20.6 Å². The third-order valence-electron chi connectivity index (χ3n) is 18.8. The Hall–Kier alpha value is -10.0. The van der Waals surface area contributed by atoms with Crippen molar-refractivity contribution < 1.29 is 46.5 Å². The fraction of sp³-hybridized carbons (Fsp3) is 0.205. The van der Waals surface area contributed by atoms with Crippen LogP contribution in [0.25, 0.3) is 0 Å². The van der Waals surface area contributed by atoms with Crippen LogP contribution in [0.2, 0.25) is 0 Å². The number of thioether (sulfide) groups is 2. The first kappa shape index (κ1) is 64.7. The Morgan fingerprint density at radius 3 is 1.15 bits per heavy atom. The molecule has 2 aliphatic heterocycles. The number of carbonyl (C=O) groups excluding carboxylic acids is 1. The summed E-state index contributed by atoms with van der Waals surface area (Å²) in [6.07, 6.45) is 3.79. The number of carboxylic acids is 1. The molecule has 0 fully saturated rings. The smallest absolute Gasteiger partial charge is 0.339 e. The van der Waals surface area contributed by atoms with E-state index >= 15 is 8.78 Å². The van der Waals surface area contributed by atoms with Crippen molar-refractivity contribution in [3.63, 3.8) is 0 Å². The number of methoxy groups -OCH3 is 2. The fourth-order valence-corrected chi connectivity index (χ4v) is 16.8. The summed E-state index contributed by atoms with van der Waals surface area (Å²) in [5.41, 5.74) is 5.35. The highest BCUT2D eigenvalue weighted by molar-refractivity contribution is 8.14. The molecule has 2 aromatic heterocycles. The molecule has 3 N–H and O–H groups in total. The number of aliphatic imine (C=N–C) groups is 2. The first-order valence-electron chi connectivity index (χ1n) is 31.5. The molecule has 96 heavy (non-hydrogen) atoms. The summed E-state index contributed by atoms with van der Waals surface area (Å²) in [7, 11) is 2.99. The van der Waals surface area contributed by atoms with Crippen LogP contribution in [0.5, 0.6) is 11.8 Å². The van der Waals surface area contributed by atoms with Gasteiger partial charge in [-0.25, -0.2) is 37.1 Å². The lowest BCUT2D eigenvalue weighted by molar-refractivity contribution is 0.0522. The predicted molar refractivity (Wildman–Crippen MR) is 367 cm³/mol. The second-order valence-electron chi connectivity index (χ2n) is 24.0. The van der Waals surface area contributed by atoms with E-state index in [0.29, 0.717) is 62.8 Å². The third-order valence-corrected chi connectivity index (χ3v) is 20.9. The van der Waals surface area contributed by atoms with Crippen molar-refractivity contribution in [3.05, 3.63) is 332 Å². The molecule has 4 heterocycles. The van der Waals surface area contributed by atoms with Crippen LogP contribution in [0.4, 0.5) is 17.6 Å². The van der Waals surface area contributed by atoms with Crippen LogP contribution in [-0.4, -0.2) is 69.7 Å². The number of nitrogens with one attached hydrogen (secondary N) is 2. The number of amidine groups is 2. The zero-order valence-electron chi connectivity index (χ0n) is 52.6. The molecule has 8 aromatic carbocycles. The van der Waals surface area contributed by atoms with Crippen LogP contribution < -0.4 is 20.1 Å². The number of aromatic carboxylic acids is 1. The van der Waals surface area contributed by atoms with Gasteiger partial charge in [0, 0.05) is 83.0 Å². The summed E-state index contributed by atoms with van der Waals surface area (Å²) in [4.78, 5) is 44.9. The highest BCUT2D eigenvalue weighted by Gasteiger charge is 2.53. The van der Waals surface area contributed by atoms with Crippen LogP contribution >= 0.6 is 23.5 Å². The van der Waals surface area contributed by atoms with Gasteiger partial charge < -0.3 is 30.0 Å². The number of rotatable bonds is 15. The van der Waals surface area contributed by atoms with Crippen molar-refractivity contribution in [2.45, 2.75) is 54.8 Å². The van der Waals surface area contributed by atoms with Crippen LogP contribution in [0.15, 0.2) is 241 Å². The standard InChI is InChI=1S/C40H35F2N3O3S.C38H31F2N3O3S/c1-3-48-37(46)33-24-43-36(47-2)32-23-39(34-20-19-30(41)22-35(34)42)29(21-31(32)33)25-49-38(44-39)45-40(26-13-7-4-8-14-26,27-15-9-5-10-16-27)28-17-11-6-12-18-28;1-46-34-30-21-37(32-18-17-28(39)20-33(32)40)27(19-29(30)31(22-41-34)35(44)45)23-47-36(42-37)43-38(24-11-5-2-6-12-24,25-13-7-3-8-14-25)26-15-9-4-10-16-26/h4-20,22,24,29H,3,21,23,25H2,1-2H3,(H,44,45);2-18,20,22,27H,19,21,23H2,1H3,(H,42,43)(H,44,45)/t29-,39-;27-,37-/m00/s1. The molecule has 4 atom stereocenters. The number of aromatic nitrogens is 2. The molecule has 18 heteroatoms. The van der Waals surface area contributed by atoms with E-state index in [1.807, 2.05) is 109 Å². The van der Waals surface area contributed by atoms with Gasteiger partial charge in [0.05, 0.1) is 43.0 Å². The Morgan fingerprint density at radius 2 is 0.833 bits per heavy atom. The van der Waals surface area contributed by atoms with Gasteiger partial charge in [-0.3, -0.25) is 9.98 Å². The predicted octanol–water partition coefficient (Wildman–Crippen LogP) is 15.2. The molecule has 0 radical (unpaired) electrons. The maximum atomic E-state index is 16.1. The average Bonchev–Trinajstić information content (AvgIpc) is 0.728. The monoisotopic (exact) mass is 1320 g/mol. The second-order valence-corrected chi connectivity index (χ2v) is 26.0. The maximum absolute atomic E-state index is 16.1. The maximum Gasteiger partial charge on any atom is 0.339 e. The van der Waals surface area contributed by atoms with E-state index in [4.69, 9.17) is 24.2 Å². The van der Waals surface area contributed by atoms with E-state index in [2.05, 4.69) is 93.4 Å². The van der Waals surface area contributed by atoms with E-state index in [1.54, 1.807) is 18.7 Å². The lowest BCUT2D eigenvalue weighted by Gasteiger charge is -2.47. The number of halogens is 4. The molecular formula is C78H66F4N6O6S2. The van der Waals surface area contributed by atoms with Crippen molar-refractivity contribution in [2.75, 3.05) is 32.3 Å². The summed E-state index contributed by atoms with van der Waals surface area (Å²) in [5.74, 6) is -3.24. The van der Waals surface area contributed by atoms with Crippen LogP contribution in [0, 0.1) is 35.1 Å². The number of ether oxygens (including phenoxy) is 3. The highest BCUT2D eigenvalue weighted by Crippen LogP contribution is 2.54. The molecule has 10 aromatic rings. The van der Waals surface area contributed by atoms with Gasteiger partial charge in [0.15, 0.2) is 10.3 Å². The number of benzene rings is 8. The Morgan fingerprint density at radius 1 is 0.500 bits per heavy atom. The summed E-state index contributed by atoms with van der Waals surface area (Å²) in [6.45, 7) is 1.97. The van der Waals surface area contributed by atoms with Crippen molar-refractivity contribution in [1.29, 1.82) is 0 Å². The van der Waals surface area contributed by atoms with Gasteiger partial charge in [0.25, 0.3) is 0 Å². The number of nitrogens with zero attached hydrogens (tertiary/aromatic N) is 4. The minimum Gasteiger partial charge on any atom is -0.481 e. The van der Waals surface area contributed by atoms with E-state index in [0.717, 1.165) is 51.1 Å². The quantitative estimate of drug-likeness (QED) is 0.0508. The first-order valence-corrected chi connectivity index (χ1v) is 33.5. The molecule has 14 rings (SSSR count). The minimum absolute atomic E-state index is 0.0862. The van der Waals surface area contributed by atoms with Crippen molar-refractivity contribution in [3.8, 4) is 11.8 Å². The molecule has 0 spiro atoms. The molecule has 0 bridgehead atoms. The van der Waals surface area contributed by atoms with Crippen LogP contribution in [0.1, 0.15) is 94.4 Å². The van der Waals surface area contributed by atoms with Gasteiger partial charge in [0.1, 0.15) is 34.3 Å². The lowest BCUT2D eigenvalue weighted by atomic mass is 9.67. The number of carboxylic acid groups (broad SMARTS) is 1. The SMILES string of the molecule is CCOC(=O)c1cnc(OC)c2c1C[C@H]1CSC(NC(c3ccccc3)(c3ccccc3)c3ccccc3)=N[C@@]1(c1ccc(F)cc1F)C2.COc1ncc(C(=O)O)c2c1C[C@]1(c3ccc(F)cc3F)N=C(NC(c3ccccc3)(c3ccccc3)c3ccccc3)SC[C@@H]1C2. The summed E-state index contributed by atoms with van der Waals surface area (Å²) < 4.78 is 77.4. The molecule has 0 saturated carbocycles. The summed E-state index contributed by atoms with van der Waals surface area (Å²) >= 11 is 3.06. The Kier molecular flexibility index (Phi) is 18.4. The largest absolute Gasteiger partial charge is 0.481 e. The van der Waals surface area contributed by atoms with E-state index < -0.39 is 57.4 Å². The van der Waals surface area contributed by atoms with Crippen LogP contribution in [0.3, 0.4) is 0 Å². The molecule has 0 saturated heterocycles. The number of hydrogen-bond donors (Lipinski definition) is 3. The molecule has 484 valence electrons. The Labute approximate surface area is 562 Å². The van der Waals surface area contributed by atoms with Crippen LogP contribution in [-0.2, 0) is 52.6 Å².